The van der Waals surface area contributed by atoms with E-state index in [-0.39, 0.29) is 31.0 Å². The van der Waals surface area contributed by atoms with Crippen LogP contribution in [0.2, 0.25) is 0 Å². The highest BCUT2D eigenvalue weighted by Gasteiger charge is 2.54. The number of aliphatic carboxylic acids is 1. The summed E-state index contributed by atoms with van der Waals surface area (Å²) < 4.78 is 5.58. The fourth-order valence-electron chi connectivity index (χ4n) is 4.42. The van der Waals surface area contributed by atoms with E-state index in [0.717, 1.165) is 22.3 Å². The largest absolute Gasteiger partial charge is 0.480 e. The SMILES string of the molecule is CCC(C)N(CC(=O)O)C(=O)C1(NC(=O)OCC2c3ccccc3-c3ccccc32)CC1. The predicted molar refractivity (Wildman–Crippen MR) is 119 cm³/mol. The molecule has 2 aromatic rings. The molecule has 168 valence electrons. The maximum Gasteiger partial charge on any atom is 0.408 e. The zero-order valence-electron chi connectivity index (χ0n) is 18.3. The first-order valence-electron chi connectivity index (χ1n) is 11.0. The molecule has 0 aliphatic heterocycles. The monoisotopic (exact) mass is 436 g/mol. The van der Waals surface area contributed by atoms with Gasteiger partial charge in [0, 0.05) is 12.0 Å². The van der Waals surface area contributed by atoms with Crippen molar-refractivity contribution < 1.29 is 24.2 Å². The van der Waals surface area contributed by atoms with Crippen LogP contribution >= 0.6 is 0 Å². The number of nitrogens with one attached hydrogen (secondary N) is 1. The van der Waals surface area contributed by atoms with Crippen LogP contribution in [0.25, 0.3) is 11.1 Å². The predicted octanol–water partition coefficient (Wildman–Crippen LogP) is 3.77. The van der Waals surface area contributed by atoms with Gasteiger partial charge in [-0.2, -0.15) is 0 Å². The number of amides is 2. The molecule has 2 N–H and O–H groups in total. The molecule has 2 aromatic carbocycles. The maximum absolute atomic E-state index is 13.1. The van der Waals surface area contributed by atoms with Crippen molar-refractivity contribution in [1.29, 1.82) is 0 Å². The zero-order chi connectivity index (χ0) is 22.9. The third-order valence-corrected chi connectivity index (χ3v) is 6.53. The van der Waals surface area contributed by atoms with E-state index in [0.29, 0.717) is 19.3 Å². The van der Waals surface area contributed by atoms with Crippen molar-refractivity contribution in [2.75, 3.05) is 13.2 Å². The van der Waals surface area contributed by atoms with Gasteiger partial charge in [0.25, 0.3) is 0 Å². The molecule has 0 heterocycles. The summed E-state index contributed by atoms with van der Waals surface area (Å²) in [6.45, 7) is 3.48. The highest BCUT2D eigenvalue weighted by molar-refractivity contribution is 5.94. The molecule has 7 nitrogen and oxygen atoms in total. The average Bonchev–Trinajstić information content (AvgIpc) is 3.50. The fourth-order valence-corrected chi connectivity index (χ4v) is 4.42. The summed E-state index contributed by atoms with van der Waals surface area (Å²) >= 11 is 0. The lowest BCUT2D eigenvalue weighted by Gasteiger charge is -2.31. The number of ether oxygens (including phenoxy) is 1. The molecule has 0 radical (unpaired) electrons. The van der Waals surface area contributed by atoms with E-state index in [4.69, 9.17) is 4.74 Å². The fraction of sp³-hybridized carbons (Fsp3) is 0.400. The molecule has 1 saturated carbocycles. The van der Waals surface area contributed by atoms with Gasteiger partial charge in [0.2, 0.25) is 5.91 Å². The molecule has 1 unspecified atom stereocenters. The number of hydrogen-bond donors (Lipinski definition) is 2. The lowest BCUT2D eigenvalue weighted by Crippen LogP contribution is -2.54. The molecule has 2 aliphatic rings. The summed E-state index contributed by atoms with van der Waals surface area (Å²) in [7, 11) is 0. The number of benzene rings is 2. The van der Waals surface area contributed by atoms with Crippen molar-refractivity contribution in [2.24, 2.45) is 0 Å². The van der Waals surface area contributed by atoms with Gasteiger partial charge >= 0.3 is 12.1 Å². The first-order valence-corrected chi connectivity index (χ1v) is 11.0. The van der Waals surface area contributed by atoms with Gasteiger partial charge < -0.3 is 20.1 Å². The highest BCUT2D eigenvalue weighted by atomic mass is 16.5. The van der Waals surface area contributed by atoms with E-state index >= 15 is 0 Å². The summed E-state index contributed by atoms with van der Waals surface area (Å²) in [5, 5.41) is 11.9. The van der Waals surface area contributed by atoms with E-state index in [1.54, 1.807) is 0 Å². The molecule has 0 bridgehead atoms. The Bertz CT molecular complexity index is 1000. The second-order valence-electron chi connectivity index (χ2n) is 8.62. The topological polar surface area (TPSA) is 95.9 Å². The summed E-state index contributed by atoms with van der Waals surface area (Å²) in [6, 6.07) is 15.9. The smallest absolute Gasteiger partial charge is 0.408 e. The van der Waals surface area contributed by atoms with E-state index in [1.807, 2.05) is 50.2 Å². The summed E-state index contributed by atoms with van der Waals surface area (Å²) in [6.07, 6.45) is 0.919. The number of carboxylic acid groups (broad SMARTS) is 1. The standard InChI is InChI=1S/C25H28N2O5/c1-3-16(2)27(14-22(28)29)23(30)25(12-13-25)26-24(31)32-15-21-19-10-6-4-8-17(19)18-9-5-7-11-20(18)21/h4-11,16,21H,3,12-15H2,1-2H3,(H,26,31)(H,28,29). The Balaban J connectivity index is 1.43. The molecule has 2 amide bonds. The lowest BCUT2D eigenvalue weighted by molar-refractivity contribution is -0.147. The first-order chi connectivity index (χ1) is 15.4. The van der Waals surface area contributed by atoms with Crippen LogP contribution in [0.4, 0.5) is 4.79 Å². The summed E-state index contributed by atoms with van der Waals surface area (Å²) in [5.74, 6) is -1.50. The Hall–Kier alpha value is -3.35. The van der Waals surface area contributed by atoms with Gasteiger partial charge in [0.1, 0.15) is 18.7 Å². The van der Waals surface area contributed by atoms with Crippen LogP contribution in [-0.2, 0) is 14.3 Å². The van der Waals surface area contributed by atoms with Crippen LogP contribution < -0.4 is 5.32 Å². The Morgan fingerprint density at radius 2 is 1.66 bits per heavy atom. The number of hydrogen-bond acceptors (Lipinski definition) is 4. The molecule has 4 rings (SSSR count). The van der Waals surface area contributed by atoms with E-state index < -0.39 is 17.6 Å². The Morgan fingerprint density at radius 3 is 2.16 bits per heavy atom. The molecule has 1 atom stereocenters. The maximum atomic E-state index is 13.1. The van der Waals surface area contributed by atoms with Crippen molar-refractivity contribution in [3.63, 3.8) is 0 Å². The van der Waals surface area contributed by atoms with Crippen molar-refractivity contribution in [1.82, 2.24) is 10.2 Å². The molecule has 1 fully saturated rings. The van der Waals surface area contributed by atoms with Crippen molar-refractivity contribution >= 4 is 18.0 Å². The Kier molecular flexibility index (Phi) is 5.91. The van der Waals surface area contributed by atoms with E-state index in [2.05, 4.69) is 17.4 Å². The number of fused-ring (bicyclic) bond motifs is 3. The van der Waals surface area contributed by atoms with Gasteiger partial charge in [0.05, 0.1) is 0 Å². The lowest BCUT2D eigenvalue weighted by atomic mass is 9.98. The minimum Gasteiger partial charge on any atom is -0.480 e. The van der Waals surface area contributed by atoms with Gasteiger partial charge in [-0.3, -0.25) is 9.59 Å². The number of carbonyl (C=O) groups excluding carboxylic acids is 2. The number of carboxylic acids is 1. The van der Waals surface area contributed by atoms with Crippen LogP contribution in [0.3, 0.4) is 0 Å². The van der Waals surface area contributed by atoms with Gasteiger partial charge in [-0.25, -0.2) is 4.79 Å². The Labute approximate surface area is 187 Å². The van der Waals surface area contributed by atoms with Gasteiger partial charge in [-0.15, -0.1) is 0 Å². The quantitative estimate of drug-likeness (QED) is 0.657. The van der Waals surface area contributed by atoms with Gasteiger partial charge in [0.15, 0.2) is 0 Å². The molecule has 32 heavy (non-hydrogen) atoms. The third kappa shape index (κ3) is 4.07. The second kappa shape index (κ2) is 8.65. The highest BCUT2D eigenvalue weighted by Crippen LogP contribution is 2.44. The van der Waals surface area contributed by atoms with Crippen LogP contribution in [-0.4, -0.2) is 52.7 Å². The number of carbonyl (C=O) groups is 3. The summed E-state index contributed by atoms with van der Waals surface area (Å²) in [4.78, 5) is 38.3. The molecule has 0 aromatic heterocycles. The number of alkyl carbamates (subject to hydrolysis) is 1. The van der Waals surface area contributed by atoms with Gasteiger partial charge in [-0.1, -0.05) is 55.5 Å². The van der Waals surface area contributed by atoms with Crippen molar-refractivity contribution in [2.45, 2.75) is 50.6 Å². The molecule has 0 spiro atoms. The van der Waals surface area contributed by atoms with E-state index in [1.165, 1.54) is 4.90 Å². The third-order valence-electron chi connectivity index (χ3n) is 6.53. The molecule has 2 aliphatic carbocycles. The van der Waals surface area contributed by atoms with Gasteiger partial charge in [-0.05, 0) is 48.4 Å². The minimum atomic E-state index is -1.07. The van der Waals surface area contributed by atoms with Crippen LogP contribution in [0.1, 0.15) is 50.2 Å². The molecule has 0 saturated heterocycles. The number of rotatable bonds is 8. The molecular formula is C25H28N2O5. The van der Waals surface area contributed by atoms with Crippen LogP contribution in [0, 0.1) is 0 Å². The summed E-state index contributed by atoms with van der Waals surface area (Å²) in [5.41, 5.74) is 3.44. The van der Waals surface area contributed by atoms with Crippen molar-refractivity contribution in [3.8, 4) is 11.1 Å². The van der Waals surface area contributed by atoms with E-state index in [9.17, 15) is 19.5 Å². The normalized spacial score (nSPS) is 16.4. The number of nitrogens with zero attached hydrogens (tertiary/aromatic N) is 1. The Morgan fingerprint density at radius 1 is 1.09 bits per heavy atom. The minimum absolute atomic E-state index is 0.0670. The van der Waals surface area contributed by atoms with Crippen LogP contribution in [0.5, 0.6) is 0 Å². The molecular weight excluding hydrogens is 408 g/mol. The molecule has 7 heteroatoms. The zero-order valence-corrected chi connectivity index (χ0v) is 18.3. The van der Waals surface area contributed by atoms with Crippen LogP contribution in [0.15, 0.2) is 48.5 Å². The average molecular weight is 437 g/mol. The first kappa shape index (κ1) is 21.9. The van der Waals surface area contributed by atoms with Crippen molar-refractivity contribution in [3.05, 3.63) is 59.7 Å². The second-order valence-corrected chi connectivity index (χ2v) is 8.62.